The average Bonchev–Trinajstić information content (AvgIpc) is 2.55. The van der Waals surface area contributed by atoms with Crippen LogP contribution < -0.4 is 10.6 Å². The Bertz CT molecular complexity index is 501. The van der Waals surface area contributed by atoms with Gasteiger partial charge in [0.1, 0.15) is 5.60 Å². The van der Waals surface area contributed by atoms with Gasteiger partial charge in [0.25, 0.3) is 5.91 Å². The van der Waals surface area contributed by atoms with E-state index in [0.29, 0.717) is 31.5 Å². The van der Waals surface area contributed by atoms with Gasteiger partial charge in [0.2, 0.25) is 0 Å². The predicted molar refractivity (Wildman–Crippen MR) is 97.4 cm³/mol. The van der Waals surface area contributed by atoms with Crippen molar-refractivity contribution in [3.8, 4) is 0 Å². The van der Waals surface area contributed by atoms with Crippen LogP contribution in [0.1, 0.15) is 57.8 Å². The number of carbonyl (C=O) groups is 2. The van der Waals surface area contributed by atoms with Crippen molar-refractivity contribution < 1.29 is 19.4 Å². The molecule has 1 heterocycles. The SMILES string of the molecule is CC.CC(C)(C)OC(=O)NCCC(O)CCNC(=O)c1cccnc1. The fraction of sp³-hybridized carbons (Fsp3) is 0.611. The summed E-state index contributed by atoms with van der Waals surface area (Å²) in [5.74, 6) is -0.225. The Morgan fingerprint density at radius 1 is 1.20 bits per heavy atom. The van der Waals surface area contributed by atoms with Crippen molar-refractivity contribution in [2.75, 3.05) is 13.1 Å². The Labute approximate surface area is 150 Å². The smallest absolute Gasteiger partial charge is 0.407 e. The minimum Gasteiger partial charge on any atom is -0.444 e. The summed E-state index contributed by atoms with van der Waals surface area (Å²) in [4.78, 5) is 27.0. The molecule has 0 saturated carbocycles. The summed E-state index contributed by atoms with van der Waals surface area (Å²) in [5.41, 5.74) is -0.0622. The second-order valence-electron chi connectivity index (χ2n) is 6.16. The molecule has 1 aromatic rings. The Morgan fingerprint density at radius 2 is 1.80 bits per heavy atom. The Morgan fingerprint density at radius 3 is 2.32 bits per heavy atom. The van der Waals surface area contributed by atoms with E-state index in [9.17, 15) is 14.7 Å². The van der Waals surface area contributed by atoms with E-state index < -0.39 is 17.8 Å². The van der Waals surface area contributed by atoms with Crippen molar-refractivity contribution in [2.24, 2.45) is 0 Å². The Kier molecular flexibility index (Phi) is 11.2. The lowest BCUT2D eigenvalue weighted by molar-refractivity contribution is 0.0518. The lowest BCUT2D eigenvalue weighted by Gasteiger charge is -2.20. The van der Waals surface area contributed by atoms with Gasteiger partial charge in [-0.05, 0) is 45.7 Å². The molecule has 0 aliphatic rings. The Balaban J connectivity index is 0.00000277. The number of amides is 2. The Hall–Kier alpha value is -2.15. The van der Waals surface area contributed by atoms with E-state index in [-0.39, 0.29) is 5.91 Å². The number of rotatable bonds is 7. The fourth-order valence-corrected chi connectivity index (χ4v) is 1.75. The molecule has 2 amide bonds. The molecule has 0 saturated heterocycles. The van der Waals surface area contributed by atoms with Crippen molar-refractivity contribution >= 4 is 12.0 Å². The number of nitrogens with one attached hydrogen (secondary N) is 2. The van der Waals surface area contributed by atoms with E-state index >= 15 is 0 Å². The first-order valence-corrected chi connectivity index (χ1v) is 8.61. The van der Waals surface area contributed by atoms with Gasteiger partial charge in [-0.2, -0.15) is 0 Å². The predicted octanol–water partition coefficient (Wildman–Crippen LogP) is 2.50. The van der Waals surface area contributed by atoms with Crippen LogP contribution in [0, 0.1) is 0 Å². The summed E-state index contributed by atoms with van der Waals surface area (Å²) >= 11 is 0. The van der Waals surface area contributed by atoms with E-state index in [1.54, 1.807) is 39.1 Å². The zero-order valence-electron chi connectivity index (χ0n) is 15.8. The summed E-state index contributed by atoms with van der Waals surface area (Å²) < 4.78 is 5.09. The summed E-state index contributed by atoms with van der Waals surface area (Å²) in [7, 11) is 0. The van der Waals surface area contributed by atoms with Gasteiger partial charge in [0, 0.05) is 25.5 Å². The van der Waals surface area contributed by atoms with E-state index in [2.05, 4.69) is 15.6 Å². The van der Waals surface area contributed by atoms with Crippen molar-refractivity contribution in [1.29, 1.82) is 0 Å². The fourth-order valence-electron chi connectivity index (χ4n) is 1.75. The number of hydrogen-bond donors (Lipinski definition) is 3. The highest BCUT2D eigenvalue weighted by molar-refractivity contribution is 5.93. The number of ether oxygens (including phenoxy) is 1. The number of aromatic nitrogens is 1. The minimum absolute atomic E-state index is 0.225. The molecule has 0 aliphatic carbocycles. The zero-order valence-corrected chi connectivity index (χ0v) is 15.8. The molecule has 1 atom stereocenters. The molecule has 142 valence electrons. The van der Waals surface area contributed by atoms with Crippen LogP contribution in [-0.4, -0.2) is 46.9 Å². The molecule has 1 rings (SSSR count). The van der Waals surface area contributed by atoms with Crippen molar-refractivity contribution in [3.05, 3.63) is 30.1 Å². The molecule has 1 unspecified atom stereocenters. The van der Waals surface area contributed by atoms with Crippen molar-refractivity contribution in [2.45, 2.75) is 59.2 Å². The summed E-state index contributed by atoms with van der Waals surface area (Å²) in [6.45, 7) is 10.0. The van der Waals surface area contributed by atoms with Crippen LogP contribution in [0.5, 0.6) is 0 Å². The second-order valence-corrected chi connectivity index (χ2v) is 6.16. The van der Waals surface area contributed by atoms with Crippen LogP contribution in [0.3, 0.4) is 0 Å². The van der Waals surface area contributed by atoms with Crippen molar-refractivity contribution in [3.63, 3.8) is 0 Å². The lowest BCUT2D eigenvalue weighted by atomic mass is 10.2. The third kappa shape index (κ3) is 11.9. The number of pyridine rings is 1. The molecule has 7 heteroatoms. The third-order valence-electron chi connectivity index (χ3n) is 2.83. The van der Waals surface area contributed by atoms with Crippen LogP contribution in [0.4, 0.5) is 4.79 Å². The molecule has 0 aromatic carbocycles. The first kappa shape index (κ1) is 22.9. The van der Waals surface area contributed by atoms with Gasteiger partial charge in [0.05, 0.1) is 11.7 Å². The van der Waals surface area contributed by atoms with Crippen LogP contribution in [0.15, 0.2) is 24.5 Å². The molecule has 0 spiro atoms. The molecular formula is C18H31N3O4. The molecule has 0 radical (unpaired) electrons. The van der Waals surface area contributed by atoms with Crippen LogP contribution >= 0.6 is 0 Å². The first-order chi connectivity index (χ1) is 11.8. The first-order valence-electron chi connectivity index (χ1n) is 8.61. The normalized spacial score (nSPS) is 11.6. The number of nitrogens with zero attached hydrogens (tertiary/aromatic N) is 1. The number of alkyl carbamates (subject to hydrolysis) is 1. The summed E-state index contributed by atoms with van der Waals surface area (Å²) in [6.07, 6.45) is 2.76. The third-order valence-corrected chi connectivity index (χ3v) is 2.83. The number of carbonyl (C=O) groups excluding carboxylic acids is 2. The minimum atomic E-state index is -0.612. The standard InChI is InChI=1S/C16H25N3O4.C2H6/c1-16(2,3)23-15(22)19-10-7-13(20)6-9-18-14(21)12-5-4-8-17-11-12;1-2/h4-5,8,11,13,20H,6-7,9-10H2,1-3H3,(H,18,21)(H,19,22);1-2H3. The molecule has 7 nitrogen and oxygen atoms in total. The maximum Gasteiger partial charge on any atom is 0.407 e. The van der Waals surface area contributed by atoms with Gasteiger partial charge >= 0.3 is 6.09 Å². The topological polar surface area (TPSA) is 101 Å². The largest absolute Gasteiger partial charge is 0.444 e. The second kappa shape index (κ2) is 12.2. The zero-order chi connectivity index (χ0) is 19.3. The van der Waals surface area contributed by atoms with Gasteiger partial charge in [-0.15, -0.1) is 0 Å². The monoisotopic (exact) mass is 353 g/mol. The summed E-state index contributed by atoms with van der Waals surface area (Å²) in [6, 6.07) is 3.36. The molecule has 0 bridgehead atoms. The lowest BCUT2D eigenvalue weighted by Crippen LogP contribution is -2.34. The molecule has 1 aromatic heterocycles. The molecule has 25 heavy (non-hydrogen) atoms. The maximum atomic E-state index is 11.8. The van der Waals surface area contributed by atoms with Crippen LogP contribution in [0.25, 0.3) is 0 Å². The number of aliphatic hydroxyl groups is 1. The van der Waals surface area contributed by atoms with Crippen molar-refractivity contribution in [1.82, 2.24) is 15.6 Å². The molecule has 0 fully saturated rings. The molecule has 0 aliphatic heterocycles. The number of aliphatic hydroxyl groups excluding tert-OH is 1. The maximum absolute atomic E-state index is 11.8. The van der Waals surface area contributed by atoms with E-state index in [1.165, 1.54) is 6.20 Å². The van der Waals surface area contributed by atoms with Gasteiger partial charge in [-0.1, -0.05) is 13.8 Å². The van der Waals surface area contributed by atoms with Gasteiger partial charge in [0.15, 0.2) is 0 Å². The average molecular weight is 353 g/mol. The number of hydrogen-bond acceptors (Lipinski definition) is 5. The van der Waals surface area contributed by atoms with Gasteiger partial charge in [-0.3, -0.25) is 9.78 Å². The van der Waals surface area contributed by atoms with E-state index in [4.69, 9.17) is 4.74 Å². The van der Waals surface area contributed by atoms with Gasteiger partial charge < -0.3 is 20.5 Å². The van der Waals surface area contributed by atoms with E-state index in [1.807, 2.05) is 13.8 Å². The summed E-state index contributed by atoms with van der Waals surface area (Å²) in [5, 5.41) is 15.1. The van der Waals surface area contributed by atoms with Gasteiger partial charge in [-0.25, -0.2) is 4.79 Å². The van der Waals surface area contributed by atoms with Crippen LogP contribution in [0.2, 0.25) is 0 Å². The highest BCUT2D eigenvalue weighted by atomic mass is 16.6. The molecular weight excluding hydrogens is 322 g/mol. The quantitative estimate of drug-likeness (QED) is 0.699. The highest BCUT2D eigenvalue weighted by Gasteiger charge is 2.16. The van der Waals surface area contributed by atoms with E-state index in [0.717, 1.165) is 0 Å². The highest BCUT2D eigenvalue weighted by Crippen LogP contribution is 2.06. The molecule has 3 N–H and O–H groups in total. The van der Waals surface area contributed by atoms with Crippen LogP contribution in [-0.2, 0) is 4.74 Å².